The van der Waals surface area contributed by atoms with Gasteiger partial charge in [-0.1, -0.05) is 19.3 Å². The Morgan fingerprint density at radius 1 is 1.17 bits per heavy atom. The third-order valence-corrected chi connectivity index (χ3v) is 4.11. The number of likely N-dealkylation sites (tertiary alicyclic amines) is 1. The Morgan fingerprint density at radius 2 is 1.94 bits per heavy atom. The second-order valence-electron chi connectivity index (χ2n) is 5.75. The number of piperidine rings is 1. The maximum atomic E-state index is 11.8. The van der Waals surface area contributed by atoms with Crippen LogP contribution in [0.3, 0.4) is 0 Å². The minimum absolute atomic E-state index is 0.182. The van der Waals surface area contributed by atoms with E-state index in [4.69, 9.17) is 0 Å². The van der Waals surface area contributed by atoms with E-state index in [0.29, 0.717) is 12.5 Å². The summed E-state index contributed by atoms with van der Waals surface area (Å²) >= 11 is 0. The molecule has 1 saturated heterocycles. The summed E-state index contributed by atoms with van der Waals surface area (Å²) in [6, 6.07) is 0.415. The lowest BCUT2D eigenvalue weighted by Gasteiger charge is -2.30. The molecule has 1 unspecified atom stereocenters. The monoisotopic (exact) mass is 254 g/mol. The zero-order valence-corrected chi connectivity index (χ0v) is 11.2. The summed E-state index contributed by atoms with van der Waals surface area (Å²) in [5, 5.41) is 12.7. The highest BCUT2D eigenvalue weighted by Crippen LogP contribution is 2.17. The summed E-state index contributed by atoms with van der Waals surface area (Å²) < 4.78 is 0. The average molecular weight is 254 g/mol. The van der Waals surface area contributed by atoms with E-state index < -0.39 is 0 Å². The van der Waals surface area contributed by atoms with E-state index >= 15 is 0 Å². The molecule has 2 N–H and O–H groups in total. The van der Waals surface area contributed by atoms with E-state index in [9.17, 15) is 9.90 Å². The smallest absolute Gasteiger partial charge is 0.221 e. The zero-order valence-electron chi connectivity index (χ0n) is 11.2. The van der Waals surface area contributed by atoms with Gasteiger partial charge in [-0.2, -0.15) is 0 Å². The van der Waals surface area contributed by atoms with Gasteiger partial charge in [0, 0.05) is 25.6 Å². The van der Waals surface area contributed by atoms with E-state index in [-0.39, 0.29) is 12.0 Å². The van der Waals surface area contributed by atoms with Crippen molar-refractivity contribution in [1.82, 2.24) is 10.2 Å². The number of hydrogen-bond acceptors (Lipinski definition) is 3. The first kappa shape index (κ1) is 13.8. The number of aliphatic hydroxyl groups is 1. The fraction of sp³-hybridized carbons (Fsp3) is 0.929. The topological polar surface area (TPSA) is 52.6 Å². The molecule has 0 bridgehead atoms. The Kier molecular flexibility index (Phi) is 5.45. The number of carbonyl (C=O) groups is 1. The Morgan fingerprint density at radius 3 is 2.67 bits per heavy atom. The van der Waals surface area contributed by atoms with Gasteiger partial charge < -0.3 is 15.3 Å². The van der Waals surface area contributed by atoms with E-state index in [0.717, 1.165) is 45.3 Å². The largest absolute Gasteiger partial charge is 0.392 e. The molecule has 0 aromatic carbocycles. The lowest BCUT2D eigenvalue weighted by molar-refractivity contribution is -0.122. The first-order valence-corrected chi connectivity index (χ1v) is 7.44. The van der Waals surface area contributed by atoms with Crippen LogP contribution >= 0.6 is 0 Å². The number of rotatable bonds is 4. The van der Waals surface area contributed by atoms with Gasteiger partial charge in [0.1, 0.15) is 0 Å². The Balaban J connectivity index is 1.61. The lowest BCUT2D eigenvalue weighted by atomic mass is 9.95. The molecular weight excluding hydrogens is 228 g/mol. The van der Waals surface area contributed by atoms with Crippen molar-refractivity contribution >= 4 is 5.91 Å². The van der Waals surface area contributed by atoms with Crippen LogP contribution < -0.4 is 5.32 Å². The maximum Gasteiger partial charge on any atom is 0.221 e. The fourth-order valence-electron chi connectivity index (χ4n) is 3.04. The quantitative estimate of drug-likeness (QED) is 0.794. The highest BCUT2D eigenvalue weighted by Gasteiger charge is 2.19. The second kappa shape index (κ2) is 7.10. The summed E-state index contributed by atoms with van der Waals surface area (Å²) in [7, 11) is 0. The highest BCUT2D eigenvalue weighted by atomic mass is 16.3. The summed E-state index contributed by atoms with van der Waals surface area (Å²) in [5.41, 5.74) is 0. The van der Waals surface area contributed by atoms with Crippen molar-refractivity contribution in [2.75, 3.05) is 19.6 Å². The van der Waals surface area contributed by atoms with E-state index in [1.807, 2.05) is 0 Å². The Hall–Kier alpha value is -0.610. The van der Waals surface area contributed by atoms with Gasteiger partial charge in [-0.25, -0.2) is 0 Å². The average Bonchev–Trinajstić information content (AvgIpc) is 2.38. The van der Waals surface area contributed by atoms with Gasteiger partial charge in [0.05, 0.1) is 6.10 Å². The first-order chi connectivity index (χ1) is 8.74. The summed E-state index contributed by atoms with van der Waals surface area (Å²) in [5.74, 6) is 0.182. The van der Waals surface area contributed by atoms with Crippen molar-refractivity contribution in [3.8, 4) is 0 Å². The number of nitrogens with one attached hydrogen (secondary N) is 1. The third kappa shape index (κ3) is 4.58. The zero-order chi connectivity index (χ0) is 12.8. The van der Waals surface area contributed by atoms with Crippen LogP contribution in [0.25, 0.3) is 0 Å². The van der Waals surface area contributed by atoms with Gasteiger partial charge in [0.2, 0.25) is 5.91 Å². The molecule has 0 spiro atoms. The molecule has 4 heteroatoms. The van der Waals surface area contributed by atoms with Crippen LogP contribution in [0.2, 0.25) is 0 Å². The van der Waals surface area contributed by atoms with Crippen LogP contribution in [0.15, 0.2) is 0 Å². The predicted octanol–water partition coefficient (Wildman–Crippen LogP) is 1.28. The SMILES string of the molecule is O=C(CCN1CCCC(O)C1)NC1CCCCC1. The molecule has 0 radical (unpaired) electrons. The van der Waals surface area contributed by atoms with Crippen molar-refractivity contribution in [3.63, 3.8) is 0 Å². The van der Waals surface area contributed by atoms with Crippen LogP contribution in [0.4, 0.5) is 0 Å². The first-order valence-electron chi connectivity index (χ1n) is 7.44. The molecule has 2 fully saturated rings. The Bertz CT molecular complexity index is 265. The minimum atomic E-state index is -0.194. The molecule has 1 amide bonds. The van der Waals surface area contributed by atoms with E-state index in [1.54, 1.807) is 0 Å². The molecule has 1 saturated carbocycles. The van der Waals surface area contributed by atoms with Crippen molar-refractivity contribution in [2.45, 2.75) is 63.5 Å². The van der Waals surface area contributed by atoms with E-state index in [2.05, 4.69) is 10.2 Å². The molecule has 4 nitrogen and oxygen atoms in total. The molecule has 2 aliphatic rings. The third-order valence-electron chi connectivity index (χ3n) is 4.11. The number of carbonyl (C=O) groups excluding carboxylic acids is 1. The summed E-state index contributed by atoms with van der Waals surface area (Å²) in [4.78, 5) is 14.0. The van der Waals surface area contributed by atoms with Gasteiger partial charge in [0.15, 0.2) is 0 Å². The summed E-state index contributed by atoms with van der Waals surface area (Å²) in [6.45, 7) is 2.54. The van der Waals surface area contributed by atoms with Crippen LogP contribution in [-0.2, 0) is 4.79 Å². The normalized spacial score (nSPS) is 27.1. The van der Waals surface area contributed by atoms with Gasteiger partial charge in [0.25, 0.3) is 0 Å². The molecule has 2 rings (SSSR count). The molecular formula is C14H26N2O2. The highest BCUT2D eigenvalue weighted by molar-refractivity contribution is 5.76. The number of amides is 1. The molecule has 1 aliphatic heterocycles. The molecule has 18 heavy (non-hydrogen) atoms. The van der Waals surface area contributed by atoms with Crippen molar-refractivity contribution in [2.24, 2.45) is 0 Å². The lowest BCUT2D eigenvalue weighted by Crippen LogP contribution is -2.42. The summed E-state index contributed by atoms with van der Waals surface area (Å²) in [6.07, 6.45) is 8.45. The van der Waals surface area contributed by atoms with Crippen molar-refractivity contribution in [1.29, 1.82) is 0 Å². The number of aliphatic hydroxyl groups excluding tert-OH is 1. The van der Waals surface area contributed by atoms with E-state index in [1.165, 1.54) is 19.3 Å². The van der Waals surface area contributed by atoms with Gasteiger partial charge >= 0.3 is 0 Å². The molecule has 0 aromatic rings. The van der Waals surface area contributed by atoms with Crippen LogP contribution in [-0.4, -0.2) is 47.7 Å². The van der Waals surface area contributed by atoms with Gasteiger partial charge in [-0.15, -0.1) is 0 Å². The molecule has 104 valence electrons. The minimum Gasteiger partial charge on any atom is -0.392 e. The van der Waals surface area contributed by atoms with Crippen molar-refractivity contribution in [3.05, 3.63) is 0 Å². The standard InChI is InChI=1S/C14H26N2O2/c17-13-7-4-9-16(11-13)10-8-14(18)15-12-5-2-1-3-6-12/h12-13,17H,1-11H2,(H,15,18). The van der Waals surface area contributed by atoms with Gasteiger partial charge in [-0.3, -0.25) is 4.79 Å². The molecule has 1 aliphatic carbocycles. The number of nitrogens with zero attached hydrogens (tertiary/aromatic N) is 1. The Labute approximate surface area is 110 Å². The van der Waals surface area contributed by atoms with Crippen molar-refractivity contribution < 1.29 is 9.90 Å². The molecule has 0 aromatic heterocycles. The number of hydrogen-bond donors (Lipinski definition) is 2. The van der Waals surface area contributed by atoms with Gasteiger partial charge in [-0.05, 0) is 32.2 Å². The maximum absolute atomic E-state index is 11.8. The van der Waals surface area contributed by atoms with Crippen LogP contribution in [0.5, 0.6) is 0 Å². The number of β-amino-alcohol motifs (C(OH)–C–C–N with tert-alkyl or cyclic N) is 1. The van der Waals surface area contributed by atoms with Crippen LogP contribution in [0, 0.1) is 0 Å². The fourth-order valence-corrected chi connectivity index (χ4v) is 3.04. The second-order valence-corrected chi connectivity index (χ2v) is 5.75. The van der Waals surface area contributed by atoms with Crippen LogP contribution in [0.1, 0.15) is 51.4 Å². The molecule has 1 atom stereocenters. The predicted molar refractivity (Wildman–Crippen MR) is 71.3 cm³/mol. The molecule has 1 heterocycles.